The zero-order valence-corrected chi connectivity index (χ0v) is 13.9. The summed E-state index contributed by atoms with van der Waals surface area (Å²) in [5, 5.41) is 2.78. The predicted molar refractivity (Wildman–Crippen MR) is 90.7 cm³/mol. The van der Waals surface area contributed by atoms with E-state index in [0.29, 0.717) is 10.9 Å². The van der Waals surface area contributed by atoms with E-state index < -0.39 is 5.97 Å². The lowest BCUT2D eigenvalue weighted by Gasteiger charge is -2.06. The Kier molecular flexibility index (Phi) is 6.56. The van der Waals surface area contributed by atoms with E-state index in [1.54, 1.807) is 6.92 Å². The molecule has 24 heavy (non-hydrogen) atoms. The van der Waals surface area contributed by atoms with Crippen LogP contribution in [-0.4, -0.2) is 40.7 Å². The van der Waals surface area contributed by atoms with Gasteiger partial charge in [0.05, 0.1) is 18.1 Å². The molecule has 0 aliphatic carbocycles. The Bertz CT molecular complexity index is 761. The molecule has 0 bridgehead atoms. The first kappa shape index (κ1) is 17.7. The van der Waals surface area contributed by atoms with Gasteiger partial charge in [-0.15, -0.1) is 0 Å². The van der Waals surface area contributed by atoms with Gasteiger partial charge < -0.3 is 15.0 Å². The molecule has 0 radical (unpaired) electrons. The van der Waals surface area contributed by atoms with Gasteiger partial charge in [0.2, 0.25) is 5.91 Å². The van der Waals surface area contributed by atoms with E-state index in [1.165, 1.54) is 6.07 Å². The number of nitrogens with zero attached hydrogens (tertiary/aromatic N) is 1. The van der Waals surface area contributed by atoms with Crippen LogP contribution in [0.5, 0.6) is 0 Å². The van der Waals surface area contributed by atoms with Crippen molar-refractivity contribution in [2.75, 3.05) is 18.9 Å². The SMILES string of the molecule is CCOC(=O)CNC(=O)CSc1nc(-c2ccccc2)cc(=O)[nH]1. The molecule has 0 saturated carbocycles. The molecule has 0 aliphatic rings. The average Bonchev–Trinajstić information content (AvgIpc) is 2.59. The van der Waals surface area contributed by atoms with Crippen molar-refractivity contribution >= 4 is 23.6 Å². The fourth-order valence-electron chi connectivity index (χ4n) is 1.83. The van der Waals surface area contributed by atoms with Crippen LogP contribution in [0.4, 0.5) is 0 Å². The number of amides is 1. The Balaban J connectivity index is 1.96. The van der Waals surface area contributed by atoms with E-state index in [0.717, 1.165) is 17.3 Å². The summed E-state index contributed by atoms with van der Waals surface area (Å²) in [6.45, 7) is 1.78. The molecule has 0 spiro atoms. The van der Waals surface area contributed by atoms with Crippen molar-refractivity contribution in [3.8, 4) is 11.3 Å². The first-order valence-electron chi connectivity index (χ1n) is 7.30. The number of hydrogen-bond acceptors (Lipinski definition) is 6. The summed E-state index contributed by atoms with van der Waals surface area (Å²) in [4.78, 5) is 41.5. The molecular formula is C16H17N3O4S. The highest BCUT2D eigenvalue weighted by molar-refractivity contribution is 7.99. The fourth-order valence-corrected chi connectivity index (χ4v) is 2.53. The molecule has 0 saturated heterocycles. The summed E-state index contributed by atoms with van der Waals surface area (Å²) in [7, 11) is 0. The number of benzene rings is 1. The van der Waals surface area contributed by atoms with E-state index in [1.807, 2.05) is 30.3 Å². The second kappa shape index (κ2) is 8.88. The topological polar surface area (TPSA) is 101 Å². The standard InChI is InChI=1S/C16H17N3O4S/c1-2-23-15(22)9-17-14(21)10-24-16-18-12(8-13(20)19-16)11-6-4-3-5-7-11/h3-8H,2,9-10H2,1H3,(H,17,21)(H,18,19,20). The molecule has 2 rings (SSSR count). The van der Waals surface area contributed by atoms with Crippen LogP contribution in [0.3, 0.4) is 0 Å². The van der Waals surface area contributed by atoms with Crippen LogP contribution in [-0.2, 0) is 14.3 Å². The van der Waals surface area contributed by atoms with Crippen molar-refractivity contribution in [1.82, 2.24) is 15.3 Å². The fraction of sp³-hybridized carbons (Fsp3) is 0.250. The highest BCUT2D eigenvalue weighted by atomic mass is 32.2. The number of thioether (sulfide) groups is 1. The Labute approximate surface area is 142 Å². The third-order valence-corrected chi connectivity index (χ3v) is 3.74. The van der Waals surface area contributed by atoms with Gasteiger partial charge in [-0.1, -0.05) is 42.1 Å². The Hall–Kier alpha value is -2.61. The summed E-state index contributed by atoms with van der Waals surface area (Å²) in [5.74, 6) is -0.810. The molecule has 0 atom stereocenters. The van der Waals surface area contributed by atoms with Gasteiger partial charge in [0.1, 0.15) is 6.54 Å². The van der Waals surface area contributed by atoms with Gasteiger partial charge >= 0.3 is 5.97 Å². The third-order valence-electron chi connectivity index (χ3n) is 2.86. The van der Waals surface area contributed by atoms with Crippen molar-refractivity contribution in [2.45, 2.75) is 12.1 Å². The van der Waals surface area contributed by atoms with Crippen LogP contribution < -0.4 is 10.9 Å². The quantitative estimate of drug-likeness (QED) is 0.443. The van der Waals surface area contributed by atoms with E-state index in [4.69, 9.17) is 4.74 Å². The Morgan fingerprint density at radius 3 is 2.75 bits per heavy atom. The molecule has 1 amide bonds. The second-order valence-electron chi connectivity index (χ2n) is 4.67. The first-order chi connectivity index (χ1) is 11.6. The lowest BCUT2D eigenvalue weighted by molar-refractivity contribution is -0.143. The zero-order chi connectivity index (χ0) is 17.4. The third kappa shape index (κ3) is 5.54. The highest BCUT2D eigenvalue weighted by Crippen LogP contribution is 2.18. The lowest BCUT2D eigenvalue weighted by atomic mass is 10.1. The maximum Gasteiger partial charge on any atom is 0.325 e. The van der Waals surface area contributed by atoms with Crippen LogP contribution in [0, 0.1) is 0 Å². The number of carbonyl (C=O) groups excluding carboxylic acids is 2. The maximum absolute atomic E-state index is 11.7. The second-order valence-corrected chi connectivity index (χ2v) is 5.64. The van der Waals surface area contributed by atoms with Crippen LogP contribution in [0.25, 0.3) is 11.3 Å². The molecule has 8 heteroatoms. The molecule has 2 aromatic rings. The summed E-state index contributed by atoms with van der Waals surface area (Å²) in [5.41, 5.74) is 1.06. The summed E-state index contributed by atoms with van der Waals surface area (Å²) >= 11 is 1.09. The van der Waals surface area contributed by atoms with E-state index >= 15 is 0 Å². The first-order valence-corrected chi connectivity index (χ1v) is 8.29. The number of ether oxygens (including phenoxy) is 1. The number of aromatic amines is 1. The van der Waals surface area contributed by atoms with Crippen molar-refractivity contribution in [3.63, 3.8) is 0 Å². The predicted octanol–water partition coefficient (Wildman–Crippen LogP) is 1.21. The van der Waals surface area contributed by atoms with Gasteiger partial charge in [-0.2, -0.15) is 0 Å². The minimum Gasteiger partial charge on any atom is -0.465 e. The van der Waals surface area contributed by atoms with Gasteiger partial charge in [-0.05, 0) is 6.92 Å². The summed E-state index contributed by atoms with van der Waals surface area (Å²) < 4.78 is 4.72. The van der Waals surface area contributed by atoms with Crippen molar-refractivity contribution in [1.29, 1.82) is 0 Å². The van der Waals surface area contributed by atoms with E-state index in [-0.39, 0.29) is 30.4 Å². The molecule has 2 N–H and O–H groups in total. The molecule has 7 nitrogen and oxygen atoms in total. The van der Waals surface area contributed by atoms with Gasteiger partial charge in [0.25, 0.3) is 5.56 Å². The van der Waals surface area contributed by atoms with Crippen LogP contribution in [0.2, 0.25) is 0 Å². The molecule has 0 fully saturated rings. The number of rotatable bonds is 7. The number of nitrogens with one attached hydrogen (secondary N) is 2. The van der Waals surface area contributed by atoms with Gasteiger partial charge in [-0.25, -0.2) is 4.98 Å². The largest absolute Gasteiger partial charge is 0.465 e. The minimum absolute atomic E-state index is 0.0284. The monoisotopic (exact) mass is 347 g/mol. The van der Waals surface area contributed by atoms with Crippen molar-refractivity contribution in [3.05, 3.63) is 46.8 Å². The minimum atomic E-state index is -0.492. The molecule has 0 unspecified atom stereocenters. The zero-order valence-electron chi connectivity index (χ0n) is 13.1. The van der Waals surface area contributed by atoms with Crippen molar-refractivity contribution in [2.24, 2.45) is 0 Å². The van der Waals surface area contributed by atoms with Gasteiger partial charge in [-0.3, -0.25) is 14.4 Å². The Morgan fingerprint density at radius 2 is 2.04 bits per heavy atom. The molecule has 1 heterocycles. The average molecular weight is 347 g/mol. The lowest BCUT2D eigenvalue weighted by Crippen LogP contribution is -2.31. The van der Waals surface area contributed by atoms with Gasteiger partial charge in [0, 0.05) is 11.6 Å². The number of aromatic nitrogens is 2. The summed E-state index contributed by atoms with van der Waals surface area (Å²) in [6.07, 6.45) is 0. The van der Waals surface area contributed by atoms with E-state index in [9.17, 15) is 14.4 Å². The number of carbonyl (C=O) groups is 2. The molecule has 126 valence electrons. The molecule has 1 aromatic heterocycles. The van der Waals surface area contributed by atoms with Crippen LogP contribution in [0.1, 0.15) is 6.92 Å². The van der Waals surface area contributed by atoms with E-state index in [2.05, 4.69) is 15.3 Å². The van der Waals surface area contributed by atoms with Crippen LogP contribution in [0.15, 0.2) is 46.3 Å². The smallest absolute Gasteiger partial charge is 0.325 e. The number of esters is 1. The highest BCUT2D eigenvalue weighted by Gasteiger charge is 2.09. The normalized spacial score (nSPS) is 10.2. The van der Waals surface area contributed by atoms with Crippen LogP contribution >= 0.6 is 11.8 Å². The molecule has 1 aromatic carbocycles. The number of H-pyrrole nitrogens is 1. The Morgan fingerprint density at radius 1 is 1.29 bits per heavy atom. The summed E-state index contributed by atoms with van der Waals surface area (Å²) in [6, 6.07) is 10.7. The maximum atomic E-state index is 11.7. The number of hydrogen-bond donors (Lipinski definition) is 2. The molecule has 0 aliphatic heterocycles. The van der Waals surface area contributed by atoms with Crippen molar-refractivity contribution < 1.29 is 14.3 Å². The molecular weight excluding hydrogens is 330 g/mol. The van der Waals surface area contributed by atoms with Gasteiger partial charge in [0.15, 0.2) is 5.16 Å².